The van der Waals surface area contributed by atoms with Gasteiger partial charge in [-0.05, 0) is 31.9 Å². The standard InChI is InChI=1S/C16H22FN3O5S/c1-3-8-26(24,25)19-11-4-5-13(12(17)9-11)18-15(23)20-7-6-16(2,10-20)14(21)22/h4-5,9,19H,3,6-8,10H2,1-2H3,(H,18,23)(H,21,22). The van der Waals surface area contributed by atoms with Gasteiger partial charge in [-0.3, -0.25) is 9.52 Å². The molecule has 1 saturated heterocycles. The number of likely N-dealkylation sites (tertiary alicyclic amines) is 1. The van der Waals surface area contributed by atoms with Gasteiger partial charge in [-0.25, -0.2) is 17.6 Å². The van der Waals surface area contributed by atoms with E-state index in [1.165, 1.54) is 17.0 Å². The van der Waals surface area contributed by atoms with Crippen molar-refractivity contribution in [2.45, 2.75) is 26.7 Å². The molecule has 26 heavy (non-hydrogen) atoms. The van der Waals surface area contributed by atoms with E-state index >= 15 is 0 Å². The molecule has 144 valence electrons. The van der Waals surface area contributed by atoms with Gasteiger partial charge in [-0.15, -0.1) is 0 Å². The minimum atomic E-state index is -3.54. The van der Waals surface area contributed by atoms with Gasteiger partial charge < -0.3 is 15.3 Å². The number of carboxylic acid groups (broad SMARTS) is 1. The first-order valence-corrected chi connectivity index (χ1v) is 9.81. The van der Waals surface area contributed by atoms with E-state index in [0.29, 0.717) is 12.8 Å². The molecule has 0 aliphatic carbocycles. The maximum Gasteiger partial charge on any atom is 0.321 e. The number of aliphatic carboxylic acids is 1. The Balaban J connectivity index is 2.04. The van der Waals surface area contributed by atoms with Crippen LogP contribution in [0.3, 0.4) is 0 Å². The summed E-state index contributed by atoms with van der Waals surface area (Å²) in [7, 11) is -3.54. The summed E-state index contributed by atoms with van der Waals surface area (Å²) in [6.45, 7) is 3.56. The van der Waals surface area contributed by atoms with Crippen LogP contribution in [0.25, 0.3) is 0 Å². The Hall–Kier alpha value is -2.36. The van der Waals surface area contributed by atoms with E-state index in [1.807, 2.05) is 0 Å². The lowest BCUT2D eigenvalue weighted by Gasteiger charge is -2.20. The smallest absolute Gasteiger partial charge is 0.321 e. The number of carboxylic acids is 1. The summed E-state index contributed by atoms with van der Waals surface area (Å²) in [5.74, 6) is -1.86. The summed E-state index contributed by atoms with van der Waals surface area (Å²) in [5, 5.41) is 11.6. The van der Waals surface area contributed by atoms with Crippen LogP contribution >= 0.6 is 0 Å². The summed E-state index contributed by atoms with van der Waals surface area (Å²) < 4.78 is 39.9. The Morgan fingerprint density at radius 2 is 2.08 bits per heavy atom. The molecule has 1 aliphatic heterocycles. The van der Waals surface area contributed by atoms with Gasteiger partial charge in [0.25, 0.3) is 0 Å². The number of nitrogens with zero attached hydrogens (tertiary/aromatic N) is 1. The Morgan fingerprint density at radius 3 is 2.62 bits per heavy atom. The number of hydrogen-bond donors (Lipinski definition) is 3. The maximum absolute atomic E-state index is 14.2. The van der Waals surface area contributed by atoms with Crippen LogP contribution in [-0.2, 0) is 14.8 Å². The molecule has 0 spiro atoms. The SMILES string of the molecule is CCCS(=O)(=O)Nc1ccc(NC(=O)N2CCC(C)(C(=O)O)C2)c(F)c1. The maximum atomic E-state index is 14.2. The van der Waals surface area contributed by atoms with E-state index < -0.39 is 33.3 Å². The molecule has 0 aromatic heterocycles. The van der Waals surface area contributed by atoms with E-state index in [9.17, 15) is 27.5 Å². The first-order valence-electron chi connectivity index (χ1n) is 8.16. The van der Waals surface area contributed by atoms with Gasteiger partial charge in [0.05, 0.1) is 22.5 Å². The van der Waals surface area contributed by atoms with Crippen LogP contribution in [0.2, 0.25) is 0 Å². The van der Waals surface area contributed by atoms with Crippen molar-refractivity contribution in [3.8, 4) is 0 Å². The van der Waals surface area contributed by atoms with Crippen molar-refractivity contribution < 1.29 is 27.5 Å². The van der Waals surface area contributed by atoms with E-state index in [1.54, 1.807) is 13.8 Å². The number of rotatable bonds is 6. The van der Waals surface area contributed by atoms with Gasteiger partial charge in [0.15, 0.2) is 0 Å². The number of urea groups is 1. The van der Waals surface area contributed by atoms with Gasteiger partial charge >= 0.3 is 12.0 Å². The molecule has 0 radical (unpaired) electrons. The minimum Gasteiger partial charge on any atom is -0.481 e. The van der Waals surface area contributed by atoms with Crippen LogP contribution in [0.4, 0.5) is 20.6 Å². The summed E-state index contributed by atoms with van der Waals surface area (Å²) in [6, 6.07) is 2.97. The van der Waals surface area contributed by atoms with Crippen LogP contribution in [0.15, 0.2) is 18.2 Å². The van der Waals surface area contributed by atoms with Gasteiger partial charge in [0.1, 0.15) is 5.82 Å². The fraction of sp³-hybridized carbons (Fsp3) is 0.500. The van der Waals surface area contributed by atoms with Gasteiger partial charge in [-0.1, -0.05) is 6.92 Å². The number of halogens is 1. The van der Waals surface area contributed by atoms with E-state index in [2.05, 4.69) is 10.0 Å². The molecule has 2 amide bonds. The van der Waals surface area contributed by atoms with Crippen molar-refractivity contribution in [3.63, 3.8) is 0 Å². The molecular formula is C16H22FN3O5S. The zero-order valence-corrected chi connectivity index (χ0v) is 15.4. The van der Waals surface area contributed by atoms with Crippen LogP contribution in [0.1, 0.15) is 26.7 Å². The lowest BCUT2D eigenvalue weighted by molar-refractivity contribution is -0.146. The zero-order valence-electron chi connectivity index (χ0n) is 14.6. The van der Waals surface area contributed by atoms with Crippen LogP contribution < -0.4 is 10.0 Å². The van der Waals surface area contributed by atoms with E-state index in [0.717, 1.165) is 6.07 Å². The third-order valence-corrected chi connectivity index (χ3v) is 5.73. The van der Waals surface area contributed by atoms with Crippen molar-refractivity contribution in [1.82, 2.24) is 4.90 Å². The monoisotopic (exact) mass is 387 g/mol. The Morgan fingerprint density at radius 1 is 1.38 bits per heavy atom. The normalized spacial score (nSPS) is 20.0. The van der Waals surface area contributed by atoms with Crippen molar-refractivity contribution in [2.75, 3.05) is 28.9 Å². The van der Waals surface area contributed by atoms with Crippen molar-refractivity contribution >= 4 is 33.4 Å². The highest BCUT2D eigenvalue weighted by atomic mass is 32.2. The van der Waals surface area contributed by atoms with E-state index in [-0.39, 0.29) is 30.2 Å². The fourth-order valence-corrected chi connectivity index (χ4v) is 3.81. The second-order valence-corrected chi connectivity index (χ2v) is 8.42. The second-order valence-electron chi connectivity index (χ2n) is 6.58. The largest absolute Gasteiger partial charge is 0.481 e. The summed E-state index contributed by atoms with van der Waals surface area (Å²) in [5.41, 5.74) is -1.07. The predicted octanol–water partition coefficient (Wildman–Crippen LogP) is 2.31. The Kier molecular flexibility index (Phi) is 5.74. The fourth-order valence-electron chi connectivity index (χ4n) is 2.68. The number of carbonyl (C=O) groups excluding carboxylic acids is 1. The van der Waals surface area contributed by atoms with Crippen LogP contribution in [0.5, 0.6) is 0 Å². The van der Waals surface area contributed by atoms with Crippen molar-refractivity contribution in [1.29, 1.82) is 0 Å². The average Bonchev–Trinajstić information content (AvgIpc) is 2.93. The molecule has 1 atom stereocenters. The highest BCUT2D eigenvalue weighted by Gasteiger charge is 2.42. The number of sulfonamides is 1. The highest BCUT2D eigenvalue weighted by Crippen LogP contribution is 2.30. The first-order chi connectivity index (χ1) is 12.1. The summed E-state index contributed by atoms with van der Waals surface area (Å²) >= 11 is 0. The molecule has 1 aromatic carbocycles. The molecule has 1 aromatic rings. The Bertz CT molecular complexity index is 814. The highest BCUT2D eigenvalue weighted by molar-refractivity contribution is 7.92. The van der Waals surface area contributed by atoms with Crippen LogP contribution in [0, 0.1) is 11.2 Å². The third-order valence-electron chi connectivity index (χ3n) is 4.23. The topological polar surface area (TPSA) is 116 Å². The quantitative estimate of drug-likeness (QED) is 0.693. The Labute approximate surface area is 151 Å². The molecule has 0 saturated carbocycles. The molecule has 1 heterocycles. The molecule has 1 aliphatic rings. The first kappa shape index (κ1) is 20.0. The molecule has 2 rings (SSSR count). The van der Waals surface area contributed by atoms with Gasteiger partial charge in [0, 0.05) is 19.2 Å². The number of hydrogen-bond acceptors (Lipinski definition) is 4. The van der Waals surface area contributed by atoms with Gasteiger partial charge in [0.2, 0.25) is 10.0 Å². The van der Waals surface area contributed by atoms with Crippen molar-refractivity contribution in [2.24, 2.45) is 5.41 Å². The van der Waals surface area contributed by atoms with Crippen molar-refractivity contribution in [3.05, 3.63) is 24.0 Å². The third kappa shape index (κ3) is 4.63. The average molecular weight is 387 g/mol. The number of carbonyl (C=O) groups is 2. The molecule has 10 heteroatoms. The predicted molar refractivity (Wildman–Crippen MR) is 95.1 cm³/mol. The summed E-state index contributed by atoms with van der Waals surface area (Å²) in [4.78, 5) is 24.8. The molecule has 1 fully saturated rings. The van der Waals surface area contributed by atoms with E-state index in [4.69, 9.17) is 0 Å². The number of benzene rings is 1. The number of nitrogens with one attached hydrogen (secondary N) is 2. The second kappa shape index (κ2) is 7.48. The zero-order chi connectivity index (χ0) is 19.5. The summed E-state index contributed by atoms with van der Waals surface area (Å²) in [6.07, 6.45) is 0.743. The lowest BCUT2D eigenvalue weighted by atomic mass is 9.90. The van der Waals surface area contributed by atoms with Crippen LogP contribution in [-0.4, -0.2) is 49.3 Å². The minimum absolute atomic E-state index is 0.0324. The number of amides is 2. The molecular weight excluding hydrogens is 365 g/mol. The lowest BCUT2D eigenvalue weighted by Crippen LogP contribution is -2.37. The molecule has 8 nitrogen and oxygen atoms in total. The van der Waals surface area contributed by atoms with Gasteiger partial charge in [-0.2, -0.15) is 0 Å². The molecule has 0 bridgehead atoms. The molecule has 3 N–H and O–H groups in total. The molecule has 1 unspecified atom stereocenters. The number of anilines is 2.